The quantitative estimate of drug-likeness (QED) is 0.541. The highest BCUT2D eigenvalue weighted by molar-refractivity contribution is 6.30. The van der Waals surface area contributed by atoms with Crippen LogP contribution < -0.4 is 15.4 Å². The molecule has 2 aromatic rings. The zero-order valence-electron chi connectivity index (χ0n) is 17.9. The molecular weight excluding hydrogens is 477 g/mol. The Morgan fingerprint density at radius 3 is 2.50 bits per heavy atom. The zero-order valence-corrected chi connectivity index (χ0v) is 18.6. The van der Waals surface area contributed by atoms with Gasteiger partial charge in [0.15, 0.2) is 6.61 Å². The van der Waals surface area contributed by atoms with Crippen molar-refractivity contribution in [3.63, 3.8) is 0 Å². The third-order valence-corrected chi connectivity index (χ3v) is 6.78. The fourth-order valence-corrected chi connectivity index (χ4v) is 4.68. The van der Waals surface area contributed by atoms with Crippen molar-refractivity contribution in [1.82, 2.24) is 20.6 Å². The first-order chi connectivity index (χ1) is 16.1. The van der Waals surface area contributed by atoms with Gasteiger partial charge in [-0.3, -0.25) is 14.6 Å². The van der Waals surface area contributed by atoms with Gasteiger partial charge in [0.05, 0.1) is 29.1 Å². The number of fused-ring (bicyclic) bond motifs is 3. The van der Waals surface area contributed by atoms with E-state index < -0.39 is 46.9 Å². The van der Waals surface area contributed by atoms with Crippen LogP contribution in [0.4, 0.5) is 13.2 Å². The van der Waals surface area contributed by atoms with E-state index in [4.69, 9.17) is 16.3 Å². The number of rotatable bonds is 7. The number of aliphatic hydroxyl groups excluding tert-OH is 1. The standard InChI is InChI=1S/C22H22ClF3N4O4/c23-13-2-1-12(7-14(13)24)34-11-18(32)29-21-3-5-22(6-4-21,17(31)8-21)30-20(33)16-10-27-15(9-28-16)19(25)26/h1-2,7,9-10,17,19,31H,3-6,8,11H2,(H,29,32)(H,30,33)/t17-,21?,22?/m0/s1. The van der Waals surface area contributed by atoms with Crippen LogP contribution >= 0.6 is 11.6 Å². The average Bonchev–Trinajstić information content (AvgIpc) is 2.81. The first-order valence-corrected chi connectivity index (χ1v) is 11.0. The second kappa shape index (κ2) is 9.38. The minimum atomic E-state index is -2.79. The molecule has 3 saturated carbocycles. The Hall–Kier alpha value is -2.92. The molecule has 12 heteroatoms. The van der Waals surface area contributed by atoms with Crippen LogP contribution in [0.25, 0.3) is 0 Å². The van der Waals surface area contributed by atoms with Crippen molar-refractivity contribution in [3.05, 3.63) is 52.8 Å². The van der Waals surface area contributed by atoms with Crippen molar-refractivity contribution in [2.75, 3.05) is 6.61 Å². The van der Waals surface area contributed by atoms with E-state index >= 15 is 0 Å². The molecule has 8 nitrogen and oxygen atoms in total. The number of carbonyl (C=O) groups excluding carboxylic acids is 2. The Morgan fingerprint density at radius 2 is 1.91 bits per heavy atom. The molecule has 3 N–H and O–H groups in total. The van der Waals surface area contributed by atoms with Gasteiger partial charge >= 0.3 is 0 Å². The highest BCUT2D eigenvalue weighted by atomic mass is 35.5. The number of carbonyl (C=O) groups is 2. The van der Waals surface area contributed by atoms with Crippen molar-refractivity contribution >= 4 is 23.4 Å². The number of nitrogens with one attached hydrogen (secondary N) is 2. The summed E-state index contributed by atoms with van der Waals surface area (Å²) in [6.45, 7) is -0.339. The minimum Gasteiger partial charge on any atom is -0.484 e. The van der Waals surface area contributed by atoms with Crippen LogP contribution in [-0.2, 0) is 4.79 Å². The molecule has 0 spiro atoms. The lowest BCUT2D eigenvalue weighted by Crippen LogP contribution is -2.70. The number of aromatic nitrogens is 2. The summed E-state index contributed by atoms with van der Waals surface area (Å²) in [5.74, 6) is -1.53. The normalized spacial score (nSPS) is 25.8. The van der Waals surface area contributed by atoms with E-state index in [9.17, 15) is 27.9 Å². The average molecular weight is 499 g/mol. The van der Waals surface area contributed by atoms with Crippen LogP contribution in [-0.4, -0.2) is 50.7 Å². The van der Waals surface area contributed by atoms with Crippen molar-refractivity contribution in [2.24, 2.45) is 0 Å². The molecule has 0 aliphatic heterocycles. The van der Waals surface area contributed by atoms with Crippen molar-refractivity contribution in [1.29, 1.82) is 0 Å². The third kappa shape index (κ3) is 4.95. The van der Waals surface area contributed by atoms with E-state index in [2.05, 4.69) is 20.6 Å². The summed E-state index contributed by atoms with van der Waals surface area (Å²) in [6, 6.07) is 3.86. The molecule has 1 atom stereocenters. The molecule has 2 bridgehead atoms. The van der Waals surface area contributed by atoms with Gasteiger partial charge in [-0.1, -0.05) is 11.6 Å². The van der Waals surface area contributed by atoms with E-state index in [1.807, 2.05) is 0 Å². The summed E-state index contributed by atoms with van der Waals surface area (Å²) in [7, 11) is 0. The maximum absolute atomic E-state index is 13.5. The van der Waals surface area contributed by atoms with Crippen LogP contribution in [0.2, 0.25) is 5.02 Å². The summed E-state index contributed by atoms with van der Waals surface area (Å²) in [5.41, 5.74) is -2.23. The number of hydrogen-bond donors (Lipinski definition) is 3. The summed E-state index contributed by atoms with van der Waals surface area (Å²) < 4.78 is 44.1. The van der Waals surface area contributed by atoms with Gasteiger partial charge in [0.25, 0.3) is 18.2 Å². The molecule has 3 fully saturated rings. The lowest BCUT2D eigenvalue weighted by molar-refractivity contribution is -0.129. The van der Waals surface area contributed by atoms with Gasteiger partial charge in [0, 0.05) is 11.6 Å². The highest BCUT2D eigenvalue weighted by Gasteiger charge is 2.55. The van der Waals surface area contributed by atoms with Gasteiger partial charge in [-0.2, -0.15) is 0 Å². The van der Waals surface area contributed by atoms with Gasteiger partial charge in [-0.25, -0.2) is 18.2 Å². The summed E-state index contributed by atoms with van der Waals surface area (Å²) in [5, 5.41) is 16.5. The summed E-state index contributed by atoms with van der Waals surface area (Å²) >= 11 is 5.63. The lowest BCUT2D eigenvalue weighted by atomic mass is 9.60. The van der Waals surface area contributed by atoms with E-state index in [-0.39, 0.29) is 29.5 Å². The first-order valence-electron chi connectivity index (χ1n) is 10.6. The maximum Gasteiger partial charge on any atom is 0.281 e. The molecular formula is C22H22ClF3N4O4. The fraction of sp³-hybridized carbons (Fsp3) is 0.455. The Bertz CT molecular complexity index is 1080. The van der Waals surface area contributed by atoms with Crippen LogP contribution in [0.3, 0.4) is 0 Å². The van der Waals surface area contributed by atoms with Gasteiger partial charge in [-0.05, 0) is 44.2 Å². The second-order valence-corrected chi connectivity index (χ2v) is 9.06. The molecule has 3 aliphatic rings. The monoisotopic (exact) mass is 498 g/mol. The first kappa shape index (κ1) is 24.2. The van der Waals surface area contributed by atoms with Crippen LogP contribution in [0, 0.1) is 5.82 Å². The minimum absolute atomic E-state index is 0.0538. The number of benzene rings is 1. The van der Waals surface area contributed by atoms with Crippen LogP contribution in [0.15, 0.2) is 30.6 Å². The molecule has 0 unspecified atom stereocenters. The zero-order chi connectivity index (χ0) is 24.5. The number of nitrogens with zero attached hydrogens (tertiary/aromatic N) is 2. The Labute approximate surface area is 197 Å². The van der Waals surface area contributed by atoms with Crippen molar-refractivity contribution in [3.8, 4) is 5.75 Å². The molecule has 5 rings (SSSR count). The van der Waals surface area contributed by atoms with E-state index in [1.165, 1.54) is 12.1 Å². The molecule has 3 aliphatic carbocycles. The van der Waals surface area contributed by atoms with E-state index in [1.54, 1.807) is 0 Å². The predicted molar refractivity (Wildman–Crippen MR) is 114 cm³/mol. The predicted octanol–water partition coefficient (Wildman–Crippen LogP) is 2.95. The Balaban J connectivity index is 1.33. The molecule has 1 aromatic heterocycles. The number of halogens is 4. The molecule has 0 radical (unpaired) electrons. The number of ether oxygens (including phenoxy) is 1. The molecule has 2 amide bonds. The topological polar surface area (TPSA) is 113 Å². The van der Waals surface area contributed by atoms with Gasteiger partial charge < -0.3 is 20.5 Å². The SMILES string of the molecule is O=C(COc1ccc(Cl)c(F)c1)NC12CCC(NC(=O)c3cnc(C(F)F)cn3)(CC1)[C@@H](O)C2. The molecule has 1 heterocycles. The van der Waals surface area contributed by atoms with Crippen molar-refractivity contribution in [2.45, 2.75) is 55.7 Å². The number of amides is 2. The van der Waals surface area contributed by atoms with E-state index in [0.29, 0.717) is 25.7 Å². The molecule has 182 valence electrons. The number of aliphatic hydroxyl groups is 1. The Kier molecular flexibility index (Phi) is 6.68. The summed E-state index contributed by atoms with van der Waals surface area (Å²) in [4.78, 5) is 32.4. The van der Waals surface area contributed by atoms with Crippen molar-refractivity contribution < 1.29 is 32.6 Å². The number of hydrogen-bond acceptors (Lipinski definition) is 6. The third-order valence-electron chi connectivity index (χ3n) is 6.48. The van der Waals surface area contributed by atoms with Crippen LogP contribution in [0.1, 0.15) is 54.7 Å². The van der Waals surface area contributed by atoms with Gasteiger partial charge in [0.2, 0.25) is 0 Å². The molecule has 0 saturated heterocycles. The maximum atomic E-state index is 13.5. The van der Waals surface area contributed by atoms with E-state index in [0.717, 1.165) is 18.5 Å². The fourth-order valence-electron chi connectivity index (χ4n) is 4.57. The van der Waals surface area contributed by atoms with Crippen LogP contribution in [0.5, 0.6) is 5.75 Å². The summed E-state index contributed by atoms with van der Waals surface area (Å²) in [6.07, 6.45) is 0.0897. The Morgan fingerprint density at radius 1 is 1.18 bits per heavy atom. The highest BCUT2D eigenvalue weighted by Crippen LogP contribution is 2.47. The number of alkyl halides is 2. The molecule has 34 heavy (non-hydrogen) atoms. The largest absolute Gasteiger partial charge is 0.484 e. The molecule has 1 aromatic carbocycles. The second-order valence-electron chi connectivity index (χ2n) is 8.65. The smallest absolute Gasteiger partial charge is 0.281 e. The lowest BCUT2D eigenvalue weighted by Gasteiger charge is -2.56. The van der Waals surface area contributed by atoms with Gasteiger partial charge in [-0.15, -0.1) is 0 Å². The van der Waals surface area contributed by atoms with Gasteiger partial charge in [0.1, 0.15) is 23.0 Å².